The Balaban J connectivity index is 2.36. The predicted molar refractivity (Wildman–Crippen MR) is 64.8 cm³/mol. The largest absolute Gasteiger partial charge is 0.418 e. The Morgan fingerprint density at radius 1 is 1.22 bits per heavy atom. The molecule has 2 nitrogen and oxygen atoms in total. The maximum Gasteiger partial charge on any atom is 0.418 e. The average molecular weight is 256 g/mol. The number of para-hydroxylation sites is 1. The molecular formula is C13H15F3N2. The number of benzene rings is 1. The van der Waals surface area contributed by atoms with Gasteiger partial charge in [-0.1, -0.05) is 26.0 Å². The zero-order chi connectivity index (χ0) is 13.3. The lowest BCUT2D eigenvalue weighted by atomic mass is 10.1. The maximum atomic E-state index is 12.9. The van der Waals surface area contributed by atoms with Gasteiger partial charge in [0.2, 0.25) is 0 Å². The van der Waals surface area contributed by atoms with Gasteiger partial charge in [0.05, 0.1) is 17.9 Å². The van der Waals surface area contributed by atoms with E-state index in [1.807, 2.05) is 13.8 Å². The van der Waals surface area contributed by atoms with E-state index in [2.05, 4.69) is 5.32 Å². The van der Waals surface area contributed by atoms with Gasteiger partial charge in [0.1, 0.15) is 0 Å². The van der Waals surface area contributed by atoms with Gasteiger partial charge in [-0.15, -0.1) is 0 Å². The molecule has 0 amide bonds. The Labute approximate surface area is 104 Å². The van der Waals surface area contributed by atoms with E-state index in [-0.39, 0.29) is 11.6 Å². The Morgan fingerprint density at radius 3 is 2.44 bits per heavy atom. The van der Waals surface area contributed by atoms with Crippen LogP contribution >= 0.6 is 0 Å². The molecule has 98 valence electrons. The van der Waals surface area contributed by atoms with E-state index in [0.29, 0.717) is 6.67 Å². The highest BCUT2D eigenvalue weighted by Gasteiger charge is 2.35. The van der Waals surface area contributed by atoms with Crippen LogP contribution in [-0.4, -0.2) is 6.67 Å². The number of halogens is 3. The van der Waals surface area contributed by atoms with Crippen molar-refractivity contribution in [2.24, 2.45) is 5.92 Å². The van der Waals surface area contributed by atoms with E-state index >= 15 is 0 Å². The van der Waals surface area contributed by atoms with Crippen molar-refractivity contribution in [1.82, 2.24) is 5.32 Å². The number of rotatable bonds is 2. The third-order valence-corrected chi connectivity index (χ3v) is 2.89. The molecular weight excluding hydrogens is 241 g/mol. The predicted octanol–water partition coefficient (Wildman–Crippen LogP) is 3.57. The molecule has 0 unspecified atom stereocenters. The van der Waals surface area contributed by atoms with Crippen LogP contribution in [0.4, 0.5) is 18.9 Å². The van der Waals surface area contributed by atoms with Crippen molar-refractivity contribution < 1.29 is 13.2 Å². The normalized spacial score (nSPS) is 15.9. The molecule has 0 spiro atoms. The summed E-state index contributed by atoms with van der Waals surface area (Å²) in [6.45, 7) is 4.37. The summed E-state index contributed by atoms with van der Waals surface area (Å²) in [5.74, 6) is 0.271. The Hall–Kier alpha value is -1.65. The molecule has 1 aliphatic heterocycles. The second-order valence-corrected chi connectivity index (χ2v) is 4.56. The number of nitrogens with one attached hydrogen (secondary N) is 1. The Morgan fingerprint density at radius 2 is 1.89 bits per heavy atom. The van der Waals surface area contributed by atoms with Crippen LogP contribution in [0.1, 0.15) is 19.4 Å². The van der Waals surface area contributed by atoms with Crippen molar-refractivity contribution in [3.8, 4) is 0 Å². The zero-order valence-corrected chi connectivity index (χ0v) is 10.3. The van der Waals surface area contributed by atoms with Crippen LogP contribution in [-0.2, 0) is 6.18 Å². The highest BCUT2D eigenvalue weighted by molar-refractivity contribution is 5.58. The number of anilines is 1. The summed E-state index contributed by atoms with van der Waals surface area (Å²) in [5.41, 5.74) is 0.535. The smallest absolute Gasteiger partial charge is 0.369 e. The topological polar surface area (TPSA) is 15.3 Å². The first kappa shape index (κ1) is 12.8. The first-order valence-corrected chi connectivity index (χ1v) is 5.78. The molecule has 0 saturated heterocycles. The lowest BCUT2D eigenvalue weighted by molar-refractivity contribution is -0.137. The molecule has 1 heterocycles. The van der Waals surface area contributed by atoms with Gasteiger partial charge in [-0.2, -0.15) is 13.2 Å². The van der Waals surface area contributed by atoms with Gasteiger partial charge in [0.15, 0.2) is 0 Å². The molecule has 0 aromatic heterocycles. The van der Waals surface area contributed by atoms with E-state index in [1.165, 1.54) is 12.1 Å². The molecule has 0 bridgehead atoms. The monoisotopic (exact) mass is 256 g/mol. The molecule has 18 heavy (non-hydrogen) atoms. The van der Waals surface area contributed by atoms with Gasteiger partial charge in [-0.05, 0) is 18.1 Å². The molecule has 1 aromatic rings. The first-order valence-electron chi connectivity index (χ1n) is 5.78. The molecule has 1 aliphatic rings. The summed E-state index contributed by atoms with van der Waals surface area (Å²) < 4.78 is 38.7. The van der Waals surface area contributed by atoms with E-state index < -0.39 is 11.7 Å². The summed E-state index contributed by atoms with van der Waals surface area (Å²) in [4.78, 5) is 1.60. The molecule has 0 radical (unpaired) electrons. The van der Waals surface area contributed by atoms with Crippen LogP contribution in [0.3, 0.4) is 0 Å². The van der Waals surface area contributed by atoms with Gasteiger partial charge < -0.3 is 10.2 Å². The van der Waals surface area contributed by atoms with Crippen molar-refractivity contribution >= 4 is 5.69 Å². The summed E-state index contributed by atoms with van der Waals surface area (Å²) in [5, 5.41) is 3.10. The molecule has 2 rings (SSSR count). The molecule has 5 heteroatoms. The third-order valence-electron chi connectivity index (χ3n) is 2.89. The Bertz CT molecular complexity index is 464. The van der Waals surface area contributed by atoms with Crippen molar-refractivity contribution in [3.05, 3.63) is 41.7 Å². The summed E-state index contributed by atoms with van der Waals surface area (Å²) >= 11 is 0. The number of hydrogen-bond acceptors (Lipinski definition) is 2. The van der Waals surface area contributed by atoms with Crippen LogP contribution in [0.15, 0.2) is 36.2 Å². The van der Waals surface area contributed by atoms with E-state index in [4.69, 9.17) is 0 Å². The molecule has 1 aromatic carbocycles. The van der Waals surface area contributed by atoms with Crippen LogP contribution < -0.4 is 10.2 Å². The summed E-state index contributed by atoms with van der Waals surface area (Å²) in [7, 11) is 0. The number of allylic oxidation sites excluding steroid dienone is 1. The highest BCUT2D eigenvalue weighted by Crippen LogP contribution is 2.37. The SMILES string of the molecule is CC(C)C1=CN(c2ccccc2C(F)(F)F)CN1. The fourth-order valence-corrected chi connectivity index (χ4v) is 1.91. The van der Waals surface area contributed by atoms with Crippen molar-refractivity contribution in [1.29, 1.82) is 0 Å². The van der Waals surface area contributed by atoms with Crippen LogP contribution in [0.2, 0.25) is 0 Å². The highest BCUT2D eigenvalue weighted by atomic mass is 19.4. The van der Waals surface area contributed by atoms with Crippen LogP contribution in [0.25, 0.3) is 0 Å². The second kappa shape index (κ2) is 4.55. The molecule has 0 fully saturated rings. The van der Waals surface area contributed by atoms with Crippen LogP contribution in [0.5, 0.6) is 0 Å². The lowest BCUT2D eigenvalue weighted by Crippen LogP contribution is -2.23. The average Bonchev–Trinajstić information content (AvgIpc) is 2.77. The third kappa shape index (κ3) is 2.44. The number of nitrogens with zero attached hydrogens (tertiary/aromatic N) is 1. The van der Waals surface area contributed by atoms with Gasteiger partial charge in [-0.3, -0.25) is 0 Å². The van der Waals surface area contributed by atoms with Crippen molar-refractivity contribution in [3.63, 3.8) is 0 Å². The van der Waals surface area contributed by atoms with Crippen molar-refractivity contribution in [2.75, 3.05) is 11.6 Å². The van der Waals surface area contributed by atoms with E-state index in [0.717, 1.165) is 11.8 Å². The van der Waals surface area contributed by atoms with Gasteiger partial charge in [-0.25, -0.2) is 0 Å². The fourth-order valence-electron chi connectivity index (χ4n) is 1.91. The maximum absolute atomic E-state index is 12.9. The second-order valence-electron chi connectivity index (χ2n) is 4.56. The molecule has 1 N–H and O–H groups in total. The molecule has 0 saturated carbocycles. The molecule has 0 aliphatic carbocycles. The van der Waals surface area contributed by atoms with E-state index in [9.17, 15) is 13.2 Å². The van der Waals surface area contributed by atoms with Crippen LogP contribution in [0, 0.1) is 5.92 Å². The van der Waals surface area contributed by atoms with Gasteiger partial charge in [0.25, 0.3) is 0 Å². The minimum absolute atomic E-state index is 0.188. The summed E-state index contributed by atoms with van der Waals surface area (Å²) in [6, 6.07) is 5.62. The van der Waals surface area contributed by atoms with Gasteiger partial charge >= 0.3 is 6.18 Å². The number of alkyl halides is 3. The van der Waals surface area contributed by atoms with Crippen molar-refractivity contribution in [2.45, 2.75) is 20.0 Å². The lowest BCUT2D eigenvalue weighted by Gasteiger charge is -2.20. The minimum Gasteiger partial charge on any atom is -0.369 e. The fraction of sp³-hybridized carbons (Fsp3) is 0.385. The zero-order valence-electron chi connectivity index (χ0n) is 10.3. The standard InChI is InChI=1S/C13H15F3N2/c1-9(2)11-7-18(8-17-11)12-6-4-3-5-10(12)13(14,15)16/h3-7,9,17H,8H2,1-2H3. The first-order chi connectivity index (χ1) is 8.39. The summed E-state index contributed by atoms with van der Waals surface area (Å²) in [6.07, 6.45) is -2.58. The number of hydrogen-bond donors (Lipinski definition) is 1. The van der Waals surface area contributed by atoms with Gasteiger partial charge in [0, 0.05) is 11.9 Å². The quantitative estimate of drug-likeness (QED) is 0.870. The Kier molecular flexibility index (Phi) is 3.24. The molecule has 0 atom stereocenters. The minimum atomic E-state index is -4.33. The van der Waals surface area contributed by atoms with E-state index in [1.54, 1.807) is 17.2 Å².